The molecule has 7 nitrogen and oxygen atoms in total. The second-order valence-corrected chi connectivity index (χ2v) is 8.71. The number of para-hydroxylation sites is 1. The third kappa shape index (κ3) is 3.54. The van der Waals surface area contributed by atoms with Crippen molar-refractivity contribution in [3.8, 4) is 0 Å². The van der Waals surface area contributed by atoms with Crippen molar-refractivity contribution < 1.29 is 9.21 Å². The molecule has 33 heavy (non-hydrogen) atoms. The average molecular weight is 441 g/mol. The Morgan fingerprint density at radius 2 is 1.64 bits per heavy atom. The largest absolute Gasteiger partial charge is 0.456 e. The molecule has 0 atom stereocenters. The van der Waals surface area contributed by atoms with E-state index in [-0.39, 0.29) is 11.3 Å². The SMILES string of the molecule is O=C(c1ccc2c(=O)c3ccccc3oc2c1)N1CC(N2CCN(c3ccccn3)CC2)C1. The Bertz CT molecular complexity index is 1390. The number of piperazine rings is 1. The number of carbonyl (C=O) groups excluding carboxylic acids is 1. The number of nitrogens with zero attached hydrogens (tertiary/aromatic N) is 4. The van der Waals surface area contributed by atoms with Gasteiger partial charge in [0.1, 0.15) is 17.0 Å². The molecule has 2 saturated heterocycles. The van der Waals surface area contributed by atoms with Gasteiger partial charge in [0, 0.05) is 57.1 Å². The van der Waals surface area contributed by atoms with E-state index >= 15 is 0 Å². The molecule has 1 amide bonds. The number of aromatic nitrogens is 1. The molecule has 2 fully saturated rings. The Labute approximate surface area is 190 Å². The monoisotopic (exact) mass is 440 g/mol. The minimum Gasteiger partial charge on any atom is -0.456 e. The summed E-state index contributed by atoms with van der Waals surface area (Å²) in [5, 5.41) is 1.05. The molecule has 0 spiro atoms. The van der Waals surface area contributed by atoms with Crippen LogP contribution in [0.1, 0.15) is 10.4 Å². The first kappa shape index (κ1) is 19.9. The van der Waals surface area contributed by atoms with Gasteiger partial charge in [-0.2, -0.15) is 0 Å². The fourth-order valence-electron chi connectivity index (χ4n) is 4.83. The van der Waals surface area contributed by atoms with E-state index in [0.717, 1.165) is 45.1 Å². The van der Waals surface area contributed by atoms with Crippen LogP contribution in [0.3, 0.4) is 0 Å². The number of likely N-dealkylation sites (tertiary alicyclic amines) is 1. The maximum atomic E-state index is 13.1. The first-order chi connectivity index (χ1) is 16.2. The molecule has 2 aliphatic heterocycles. The lowest BCUT2D eigenvalue weighted by Gasteiger charge is -2.48. The topological polar surface area (TPSA) is 69.9 Å². The second-order valence-electron chi connectivity index (χ2n) is 8.71. The van der Waals surface area contributed by atoms with Crippen molar-refractivity contribution in [2.24, 2.45) is 0 Å². The van der Waals surface area contributed by atoms with Crippen molar-refractivity contribution in [2.45, 2.75) is 6.04 Å². The molecule has 4 aromatic rings. The number of fused-ring (bicyclic) bond motifs is 2. The summed E-state index contributed by atoms with van der Waals surface area (Å²) in [6.07, 6.45) is 1.83. The number of hydrogen-bond donors (Lipinski definition) is 0. The van der Waals surface area contributed by atoms with Crippen LogP contribution in [0.2, 0.25) is 0 Å². The highest BCUT2D eigenvalue weighted by Gasteiger charge is 2.36. The van der Waals surface area contributed by atoms with Crippen LogP contribution in [0.25, 0.3) is 21.9 Å². The molecule has 0 saturated carbocycles. The molecular formula is C26H24N4O3. The van der Waals surface area contributed by atoms with Crippen LogP contribution in [0.15, 0.2) is 76.1 Å². The highest BCUT2D eigenvalue weighted by molar-refractivity contribution is 5.99. The molecule has 0 aliphatic carbocycles. The predicted octanol–water partition coefficient (Wildman–Crippen LogP) is 2.99. The van der Waals surface area contributed by atoms with Gasteiger partial charge in [-0.25, -0.2) is 4.98 Å². The molecular weight excluding hydrogens is 416 g/mol. The van der Waals surface area contributed by atoms with Gasteiger partial charge >= 0.3 is 0 Å². The smallest absolute Gasteiger partial charge is 0.254 e. The molecule has 6 rings (SSSR count). The normalized spacial score (nSPS) is 17.5. The van der Waals surface area contributed by atoms with E-state index in [1.165, 1.54) is 0 Å². The summed E-state index contributed by atoms with van der Waals surface area (Å²) in [7, 11) is 0. The number of benzene rings is 2. The van der Waals surface area contributed by atoms with E-state index in [1.54, 1.807) is 30.3 Å². The van der Waals surface area contributed by atoms with Gasteiger partial charge in [0.25, 0.3) is 5.91 Å². The average Bonchev–Trinajstić information content (AvgIpc) is 2.84. The number of hydrogen-bond acceptors (Lipinski definition) is 6. The Hall–Kier alpha value is -3.71. The lowest BCUT2D eigenvalue weighted by molar-refractivity contribution is 0.0246. The van der Waals surface area contributed by atoms with Gasteiger partial charge in [-0.05, 0) is 42.5 Å². The van der Waals surface area contributed by atoms with Crippen LogP contribution in [0, 0.1) is 0 Å². The van der Waals surface area contributed by atoms with Gasteiger partial charge in [-0.15, -0.1) is 0 Å². The lowest BCUT2D eigenvalue weighted by atomic mass is 10.0. The Morgan fingerprint density at radius 1 is 0.879 bits per heavy atom. The van der Waals surface area contributed by atoms with E-state index in [2.05, 4.69) is 14.8 Å². The summed E-state index contributed by atoms with van der Waals surface area (Å²) in [4.78, 5) is 36.9. The van der Waals surface area contributed by atoms with E-state index < -0.39 is 0 Å². The molecule has 0 radical (unpaired) electrons. The number of carbonyl (C=O) groups is 1. The van der Waals surface area contributed by atoms with Gasteiger partial charge in [-0.1, -0.05) is 18.2 Å². The van der Waals surface area contributed by atoms with Gasteiger partial charge in [0.05, 0.1) is 10.8 Å². The van der Waals surface area contributed by atoms with Crippen molar-refractivity contribution in [2.75, 3.05) is 44.2 Å². The summed E-state index contributed by atoms with van der Waals surface area (Å²) in [5.41, 5.74) is 1.47. The van der Waals surface area contributed by atoms with Crippen molar-refractivity contribution in [3.63, 3.8) is 0 Å². The Kier molecular flexibility index (Phi) is 4.84. The summed E-state index contributed by atoms with van der Waals surface area (Å²) in [6.45, 7) is 5.28. The molecule has 0 unspecified atom stereocenters. The third-order valence-electron chi connectivity index (χ3n) is 6.78. The first-order valence-corrected chi connectivity index (χ1v) is 11.3. The zero-order valence-corrected chi connectivity index (χ0v) is 18.2. The third-order valence-corrected chi connectivity index (χ3v) is 6.78. The molecule has 4 heterocycles. The van der Waals surface area contributed by atoms with E-state index in [1.807, 2.05) is 41.4 Å². The zero-order chi connectivity index (χ0) is 22.4. The van der Waals surface area contributed by atoms with Crippen molar-refractivity contribution >= 4 is 33.7 Å². The fraction of sp³-hybridized carbons (Fsp3) is 0.269. The lowest BCUT2D eigenvalue weighted by Crippen LogP contribution is -2.64. The fourth-order valence-corrected chi connectivity index (χ4v) is 4.83. The maximum Gasteiger partial charge on any atom is 0.254 e. The van der Waals surface area contributed by atoms with Crippen LogP contribution < -0.4 is 10.3 Å². The predicted molar refractivity (Wildman–Crippen MR) is 128 cm³/mol. The molecule has 0 N–H and O–H groups in total. The van der Waals surface area contributed by atoms with Gasteiger partial charge in [0.2, 0.25) is 5.43 Å². The standard InChI is InChI=1S/C26H24N4O3/c31-25-20-5-1-2-6-22(20)33-23-15-18(8-9-21(23)25)26(32)30-16-19(17-30)28-11-13-29(14-12-28)24-7-3-4-10-27-24/h1-10,15,19H,11-14,16-17H2. The number of pyridine rings is 1. The highest BCUT2D eigenvalue weighted by atomic mass is 16.3. The van der Waals surface area contributed by atoms with Crippen LogP contribution in [-0.2, 0) is 0 Å². The first-order valence-electron chi connectivity index (χ1n) is 11.3. The van der Waals surface area contributed by atoms with E-state index in [4.69, 9.17) is 4.42 Å². The van der Waals surface area contributed by atoms with Gasteiger partial charge in [-0.3, -0.25) is 14.5 Å². The number of amides is 1. The summed E-state index contributed by atoms with van der Waals surface area (Å²) < 4.78 is 5.92. The summed E-state index contributed by atoms with van der Waals surface area (Å²) in [5.74, 6) is 1.01. The van der Waals surface area contributed by atoms with Crippen LogP contribution in [0.4, 0.5) is 5.82 Å². The molecule has 0 bridgehead atoms. The van der Waals surface area contributed by atoms with Crippen LogP contribution in [0.5, 0.6) is 0 Å². The van der Waals surface area contributed by atoms with Crippen LogP contribution in [-0.4, -0.2) is 66.0 Å². The minimum atomic E-state index is -0.0697. The van der Waals surface area contributed by atoms with E-state index in [0.29, 0.717) is 33.5 Å². The van der Waals surface area contributed by atoms with Crippen molar-refractivity contribution in [1.29, 1.82) is 0 Å². The van der Waals surface area contributed by atoms with E-state index in [9.17, 15) is 9.59 Å². The van der Waals surface area contributed by atoms with Gasteiger partial charge < -0.3 is 14.2 Å². The highest BCUT2D eigenvalue weighted by Crippen LogP contribution is 2.24. The molecule has 7 heteroatoms. The number of anilines is 1. The quantitative estimate of drug-likeness (QED) is 0.456. The summed E-state index contributed by atoms with van der Waals surface area (Å²) >= 11 is 0. The van der Waals surface area contributed by atoms with Crippen molar-refractivity contribution in [1.82, 2.24) is 14.8 Å². The summed E-state index contributed by atoms with van der Waals surface area (Å²) in [6, 6.07) is 18.7. The Balaban J connectivity index is 1.12. The molecule has 2 aromatic heterocycles. The second kappa shape index (κ2) is 8.01. The van der Waals surface area contributed by atoms with Gasteiger partial charge in [0.15, 0.2) is 0 Å². The van der Waals surface area contributed by atoms with Crippen LogP contribution >= 0.6 is 0 Å². The molecule has 2 aromatic carbocycles. The zero-order valence-electron chi connectivity index (χ0n) is 18.2. The molecule has 166 valence electrons. The van der Waals surface area contributed by atoms with Crippen molar-refractivity contribution in [3.05, 3.63) is 82.6 Å². The Morgan fingerprint density at radius 3 is 2.42 bits per heavy atom. The minimum absolute atomic E-state index is 0.0175. The maximum absolute atomic E-state index is 13.1. The number of rotatable bonds is 3. The molecule has 2 aliphatic rings.